The minimum absolute atomic E-state index is 0.0960. The van der Waals surface area contributed by atoms with Crippen LogP contribution in [-0.2, 0) is 11.2 Å². The Morgan fingerprint density at radius 1 is 1.32 bits per heavy atom. The van der Waals surface area contributed by atoms with Crippen molar-refractivity contribution < 1.29 is 19.7 Å². The van der Waals surface area contributed by atoms with Crippen molar-refractivity contribution in [2.45, 2.75) is 44.3 Å². The number of hydrogen-bond donors (Lipinski definition) is 2. The normalized spacial score (nSPS) is 31.5. The van der Waals surface area contributed by atoms with Gasteiger partial charge in [-0.05, 0) is 55.2 Å². The van der Waals surface area contributed by atoms with Crippen molar-refractivity contribution in [3.8, 4) is 5.75 Å². The zero-order valence-corrected chi connectivity index (χ0v) is 12.9. The number of hydrogen-bond acceptors (Lipinski definition) is 4. The SMILES string of the molecule is COc1ccc(CC(O)CCC2C(O)CC3C(=O)CC32)cc1. The lowest BCUT2D eigenvalue weighted by molar-refractivity contribution is -0.133. The van der Waals surface area contributed by atoms with E-state index in [1.54, 1.807) is 7.11 Å². The first kappa shape index (κ1) is 15.5. The van der Waals surface area contributed by atoms with E-state index in [9.17, 15) is 15.0 Å². The first-order chi connectivity index (χ1) is 10.6. The van der Waals surface area contributed by atoms with Crippen LogP contribution in [0.4, 0.5) is 0 Å². The molecule has 1 aromatic carbocycles. The standard InChI is InChI=1S/C18H24O4/c1-22-13-5-2-11(3-6-13)8-12(19)4-7-14-15-9-18(21)16(15)10-17(14)20/h2-3,5-6,12,14-17,19-20H,4,7-10H2,1H3. The second-order valence-corrected chi connectivity index (χ2v) is 6.69. The van der Waals surface area contributed by atoms with E-state index in [0.717, 1.165) is 17.7 Å². The second kappa shape index (κ2) is 6.39. The molecule has 0 saturated heterocycles. The Labute approximate surface area is 131 Å². The van der Waals surface area contributed by atoms with Crippen LogP contribution in [0.3, 0.4) is 0 Å². The summed E-state index contributed by atoms with van der Waals surface area (Å²) in [5.41, 5.74) is 1.08. The van der Waals surface area contributed by atoms with Crippen molar-refractivity contribution in [2.75, 3.05) is 7.11 Å². The molecule has 0 spiro atoms. The summed E-state index contributed by atoms with van der Waals surface area (Å²) in [5, 5.41) is 20.3. The molecular weight excluding hydrogens is 280 g/mol. The van der Waals surface area contributed by atoms with Crippen molar-refractivity contribution >= 4 is 5.78 Å². The highest BCUT2D eigenvalue weighted by Gasteiger charge is 2.52. The lowest BCUT2D eigenvalue weighted by Gasteiger charge is -2.32. The van der Waals surface area contributed by atoms with Crippen LogP contribution >= 0.6 is 0 Å². The predicted octanol–water partition coefficient (Wildman–Crippen LogP) is 1.96. The average Bonchev–Trinajstić information content (AvgIpc) is 2.77. The monoisotopic (exact) mass is 304 g/mol. The van der Waals surface area contributed by atoms with Gasteiger partial charge < -0.3 is 14.9 Å². The Kier molecular flexibility index (Phi) is 4.50. The van der Waals surface area contributed by atoms with E-state index in [4.69, 9.17) is 4.74 Å². The fraction of sp³-hybridized carbons (Fsp3) is 0.611. The summed E-state index contributed by atoms with van der Waals surface area (Å²) in [7, 11) is 1.63. The third-order valence-corrected chi connectivity index (χ3v) is 5.37. The Morgan fingerprint density at radius 2 is 2.05 bits per heavy atom. The number of ketones is 1. The number of aliphatic hydroxyl groups is 2. The number of ether oxygens (including phenoxy) is 1. The minimum Gasteiger partial charge on any atom is -0.497 e. The summed E-state index contributed by atoms with van der Waals surface area (Å²) < 4.78 is 5.12. The molecule has 2 N–H and O–H groups in total. The third-order valence-electron chi connectivity index (χ3n) is 5.37. The molecule has 1 aromatic rings. The van der Waals surface area contributed by atoms with Gasteiger partial charge in [0.1, 0.15) is 11.5 Å². The van der Waals surface area contributed by atoms with Crippen LogP contribution in [0.25, 0.3) is 0 Å². The minimum atomic E-state index is -0.407. The smallest absolute Gasteiger partial charge is 0.136 e. The van der Waals surface area contributed by atoms with E-state index >= 15 is 0 Å². The number of rotatable bonds is 6. The molecule has 5 atom stereocenters. The molecular formula is C18H24O4. The quantitative estimate of drug-likeness (QED) is 0.843. The van der Waals surface area contributed by atoms with Crippen molar-refractivity contribution in [1.29, 1.82) is 0 Å². The molecule has 3 rings (SSSR count). The molecule has 4 nitrogen and oxygen atoms in total. The fourth-order valence-corrected chi connectivity index (χ4v) is 4.01. The molecule has 0 aromatic heterocycles. The number of methoxy groups -OCH3 is 1. The Hall–Kier alpha value is -1.39. The Bertz CT molecular complexity index is 524. The number of aliphatic hydroxyl groups excluding tert-OH is 2. The van der Waals surface area contributed by atoms with E-state index in [1.165, 1.54) is 0 Å². The zero-order chi connectivity index (χ0) is 15.7. The van der Waals surface area contributed by atoms with Crippen LogP contribution in [0, 0.1) is 17.8 Å². The molecule has 120 valence electrons. The van der Waals surface area contributed by atoms with E-state index in [0.29, 0.717) is 37.4 Å². The summed E-state index contributed by atoms with van der Waals surface area (Å²) in [6, 6.07) is 7.72. The fourth-order valence-electron chi connectivity index (χ4n) is 4.01. The van der Waals surface area contributed by atoms with E-state index in [-0.39, 0.29) is 17.9 Å². The van der Waals surface area contributed by atoms with Crippen LogP contribution in [0.1, 0.15) is 31.2 Å². The van der Waals surface area contributed by atoms with Gasteiger partial charge in [0.05, 0.1) is 19.3 Å². The zero-order valence-electron chi connectivity index (χ0n) is 12.9. The predicted molar refractivity (Wildman–Crippen MR) is 82.7 cm³/mol. The van der Waals surface area contributed by atoms with Gasteiger partial charge in [-0.2, -0.15) is 0 Å². The summed E-state index contributed by atoms with van der Waals surface area (Å²) >= 11 is 0. The Morgan fingerprint density at radius 3 is 2.64 bits per heavy atom. The van der Waals surface area contributed by atoms with Crippen molar-refractivity contribution in [3.63, 3.8) is 0 Å². The first-order valence-corrected chi connectivity index (χ1v) is 8.10. The first-order valence-electron chi connectivity index (χ1n) is 8.10. The molecule has 4 heteroatoms. The summed E-state index contributed by atoms with van der Waals surface area (Å²) in [6.07, 6.45) is 2.56. The lowest BCUT2D eigenvalue weighted by Crippen LogP contribution is -2.36. The highest BCUT2D eigenvalue weighted by molar-refractivity contribution is 5.88. The second-order valence-electron chi connectivity index (χ2n) is 6.69. The van der Waals surface area contributed by atoms with Crippen LogP contribution in [0.2, 0.25) is 0 Å². The largest absolute Gasteiger partial charge is 0.497 e. The van der Waals surface area contributed by atoms with E-state index in [1.807, 2.05) is 24.3 Å². The van der Waals surface area contributed by atoms with Crippen LogP contribution in [0.5, 0.6) is 5.75 Å². The molecule has 22 heavy (non-hydrogen) atoms. The average molecular weight is 304 g/mol. The topological polar surface area (TPSA) is 66.8 Å². The van der Waals surface area contributed by atoms with Gasteiger partial charge in [-0.15, -0.1) is 0 Å². The van der Waals surface area contributed by atoms with E-state index < -0.39 is 6.10 Å². The van der Waals surface area contributed by atoms with Crippen LogP contribution in [0.15, 0.2) is 24.3 Å². The number of fused-ring (bicyclic) bond motifs is 1. The lowest BCUT2D eigenvalue weighted by atomic mass is 9.70. The molecule has 0 aliphatic heterocycles. The summed E-state index contributed by atoms with van der Waals surface area (Å²) in [6.45, 7) is 0. The molecule has 2 fully saturated rings. The van der Waals surface area contributed by atoms with E-state index in [2.05, 4.69) is 0 Å². The summed E-state index contributed by atoms with van der Waals surface area (Å²) in [4.78, 5) is 11.5. The van der Waals surface area contributed by atoms with Gasteiger partial charge in [0, 0.05) is 12.3 Å². The summed E-state index contributed by atoms with van der Waals surface area (Å²) in [5.74, 6) is 1.76. The molecule has 0 bridgehead atoms. The van der Waals surface area contributed by atoms with Gasteiger partial charge in [-0.3, -0.25) is 4.79 Å². The van der Waals surface area contributed by atoms with Crippen molar-refractivity contribution in [1.82, 2.24) is 0 Å². The van der Waals surface area contributed by atoms with Gasteiger partial charge in [-0.25, -0.2) is 0 Å². The van der Waals surface area contributed by atoms with Crippen molar-refractivity contribution in [2.24, 2.45) is 17.8 Å². The van der Waals surface area contributed by atoms with Crippen molar-refractivity contribution in [3.05, 3.63) is 29.8 Å². The number of Topliss-reactive ketones (excluding diaryl/α,β-unsaturated/α-hetero) is 1. The molecule has 2 saturated carbocycles. The molecule has 2 aliphatic carbocycles. The Balaban J connectivity index is 1.47. The third kappa shape index (κ3) is 3.03. The van der Waals surface area contributed by atoms with Gasteiger partial charge >= 0.3 is 0 Å². The molecule has 0 radical (unpaired) electrons. The highest BCUT2D eigenvalue weighted by atomic mass is 16.5. The number of benzene rings is 1. The maximum Gasteiger partial charge on any atom is 0.136 e. The number of carbonyl (C=O) groups excluding carboxylic acids is 1. The number of carbonyl (C=O) groups is 1. The van der Waals surface area contributed by atoms with Crippen LogP contribution in [-0.4, -0.2) is 35.3 Å². The van der Waals surface area contributed by atoms with Gasteiger partial charge in [0.15, 0.2) is 0 Å². The molecule has 0 amide bonds. The van der Waals surface area contributed by atoms with Gasteiger partial charge in [-0.1, -0.05) is 12.1 Å². The van der Waals surface area contributed by atoms with Crippen LogP contribution < -0.4 is 4.74 Å². The van der Waals surface area contributed by atoms with Gasteiger partial charge in [0.25, 0.3) is 0 Å². The molecule has 2 aliphatic rings. The molecule has 5 unspecified atom stereocenters. The van der Waals surface area contributed by atoms with Gasteiger partial charge in [0.2, 0.25) is 0 Å². The highest BCUT2D eigenvalue weighted by Crippen LogP contribution is 2.49. The maximum absolute atomic E-state index is 11.5. The maximum atomic E-state index is 11.5. The molecule has 0 heterocycles.